The standard InChI is InChI=1S/C17H12F2N4O/c18-11-4-6-13(7-5-11)22-16-9-15(20-10-21-16)17(24)23-14-3-1-2-12(19)8-14/h1-10H,(H,23,24)(H,20,21,22). The number of halogens is 2. The highest BCUT2D eigenvalue weighted by atomic mass is 19.1. The zero-order chi connectivity index (χ0) is 16.9. The van der Waals surface area contributed by atoms with Crippen LogP contribution in [0.5, 0.6) is 0 Å². The lowest BCUT2D eigenvalue weighted by Crippen LogP contribution is -2.14. The third kappa shape index (κ3) is 3.89. The molecule has 0 aliphatic heterocycles. The number of nitrogens with one attached hydrogen (secondary N) is 2. The summed E-state index contributed by atoms with van der Waals surface area (Å²) in [4.78, 5) is 20.1. The first-order chi connectivity index (χ1) is 11.6. The van der Waals surface area contributed by atoms with Crippen molar-refractivity contribution in [2.75, 3.05) is 10.6 Å². The predicted molar refractivity (Wildman–Crippen MR) is 86.1 cm³/mol. The van der Waals surface area contributed by atoms with Crippen LogP contribution < -0.4 is 10.6 Å². The van der Waals surface area contributed by atoms with Gasteiger partial charge in [-0.2, -0.15) is 0 Å². The maximum atomic E-state index is 13.1. The van der Waals surface area contributed by atoms with Crippen LogP contribution in [0.2, 0.25) is 0 Å². The normalized spacial score (nSPS) is 10.2. The van der Waals surface area contributed by atoms with Gasteiger partial charge in [-0.1, -0.05) is 6.07 Å². The molecular formula is C17H12F2N4O. The summed E-state index contributed by atoms with van der Waals surface area (Å²) < 4.78 is 26.0. The van der Waals surface area contributed by atoms with Gasteiger partial charge in [-0.25, -0.2) is 18.7 Å². The molecule has 3 rings (SSSR count). The molecule has 120 valence electrons. The lowest BCUT2D eigenvalue weighted by Gasteiger charge is -2.08. The maximum Gasteiger partial charge on any atom is 0.274 e. The Labute approximate surface area is 136 Å². The van der Waals surface area contributed by atoms with Gasteiger partial charge in [0.25, 0.3) is 5.91 Å². The highest BCUT2D eigenvalue weighted by molar-refractivity contribution is 6.03. The van der Waals surface area contributed by atoms with E-state index in [1.807, 2.05) is 0 Å². The zero-order valence-corrected chi connectivity index (χ0v) is 12.3. The largest absolute Gasteiger partial charge is 0.340 e. The molecular weight excluding hydrogens is 314 g/mol. The Balaban J connectivity index is 1.74. The van der Waals surface area contributed by atoms with Gasteiger partial charge in [-0.15, -0.1) is 0 Å². The second-order valence-electron chi connectivity index (χ2n) is 4.88. The number of aromatic nitrogens is 2. The molecule has 1 aromatic heterocycles. The first-order valence-electron chi connectivity index (χ1n) is 7.02. The summed E-state index contributed by atoms with van der Waals surface area (Å²) in [5.74, 6) is -0.918. The fourth-order valence-electron chi connectivity index (χ4n) is 1.99. The van der Waals surface area contributed by atoms with E-state index in [2.05, 4.69) is 20.6 Å². The van der Waals surface area contributed by atoms with Crippen LogP contribution in [-0.2, 0) is 0 Å². The third-order valence-electron chi connectivity index (χ3n) is 3.10. The fourth-order valence-corrected chi connectivity index (χ4v) is 1.99. The lowest BCUT2D eigenvalue weighted by atomic mass is 10.3. The Kier molecular flexibility index (Phi) is 4.42. The average Bonchev–Trinajstić information content (AvgIpc) is 2.57. The number of hydrogen-bond acceptors (Lipinski definition) is 4. The number of hydrogen-bond donors (Lipinski definition) is 2. The van der Waals surface area contributed by atoms with Crippen LogP contribution in [0.4, 0.5) is 26.0 Å². The number of anilines is 3. The summed E-state index contributed by atoms with van der Waals surface area (Å²) in [6.45, 7) is 0. The molecule has 0 saturated carbocycles. The summed E-state index contributed by atoms with van der Waals surface area (Å²) in [5, 5.41) is 5.49. The van der Waals surface area contributed by atoms with E-state index in [0.717, 1.165) is 0 Å². The second kappa shape index (κ2) is 6.82. The van der Waals surface area contributed by atoms with E-state index in [-0.39, 0.29) is 11.5 Å². The van der Waals surface area contributed by atoms with Crippen LogP contribution >= 0.6 is 0 Å². The summed E-state index contributed by atoms with van der Waals surface area (Å²) in [6.07, 6.45) is 1.23. The van der Waals surface area contributed by atoms with Crippen molar-refractivity contribution in [1.29, 1.82) is 0 Å². The monoisotopic (exact) mass is 326 g/mol. The van der Waals surface area contributed by atoms with Gasteiger partial charge in [0.2, 0.25) is 0 Å². The van der Waals surface area contributed by atoms with E-state index in [1.54, 1.807) is 18.2 Å². The molecule has 0 aliphatic rings. The molecule has 24 heavy (non-hydrogen) atoms. The van der Waals surface area contributed by atoms with Crippen LogP contribution in [-0.4, -0.2) is 15.9 Å². The summed E-state index contributed by atoms with van der Waals surface area (Å²) in [6, 6.07) is 12.7. The van der Waals surface area contributed by atoms with Gasteiger partial charge >= 0.3 is 0 Å². The number of amides is 1. The second-order valence-corrected chi connectivity index (χ2v) is 4.88. The van der Waals surface area contributed by atoms with Crippen molar-refractivity contribution in [2.45, 2.75) is 0 Å². The van der Waals surface area contributed by atoms with Crippen LogP contribution in [0.1, 0.15) is 10.5 Å². The minimum atomic E-state index is -0.495. The molecule has 0 unspecified atom stereocenters. The Hall–Kier alpha value is -3.35. The SMILES string of the molecule is O=C(Nc1cccc(F)c1)c1cc(Nc2ccc(F)cc2)ncn1. The molecule has 0 radical (unpaired) electrons. The lowest BCUT2D eigenvalue weighted by molar-refractivity contribution is 0.102. The minimum Gasteiger partial charge on any atom is -0.340 e. The molecule has 0 spiro atoms. The first kappa shape index (κ1) is 15.5. The van der Waals surface area contributed by atoms with Crippen molar-refractivity contribution >= 4 is 23.1 Å². The highest BCUT2D eigenvalue weighted by Gasteiger charge is 2.10. The summed E-state index contributed by atoms with van der Waals surface area (Å²) >= 11 is 0. The van der Waals surface area contributed by atoms with Crippen LogP contribution in [0, 0.1) is 11.6 Å². The van der Waals surface area contributed by atoms with E-state index in [4.69, 9.17) is 0 Å². The van der Waals surface area contributed by atoms with Crippen molar-refractivity contribution in [3.63, 3.8) is 0 Å². The molecule has 0 atom stereocenters. The molecule has 0 bridgehead atoms. The molecule has 1 amide bonds. The molecule has 5 nitrogen and oxygen atoms in total. The van der Waals surface area contributed by atoms with Gasteiger partial charge in [0, 0.05) is 17.4 Å². The van der Waals surface area contributed by atoms with Crippen molar-refractivity contribution in [3.05, 3.63) is 78.3 Å². The van der Waals surface area contributed by atoms with Gasteiger partial charge in [-0.05, 0) is 42.5 Å². The topological polar surface area (TPSA) is 66.9 Å². The van der Waals surface area contributed by atoms with Gasteiger partial charge in [0.1, 0.15) is 29.5 Å². The molecule has 7 heteroatoms. The van der Waals surface area contributed by atoms with Gasteiger partial charge in [0.05, 0.1) is 0 Å². The first-order valence-corrected chi connectivity index (χ1v) is 7.02. The Bertz CT molecular complexity index is 868. The minimum absolute atomic E-state index is 0.110. The molecule has 0 fully saturated rings. The van der Waals surface area contributed by atoms with E-state index in [9.17, 15) is 13.6 Å². The van der Waals surface area contributed by atoms with Crippen LogP contribution in [0.25, 0.3) is 0 Å². The molecule has 1 heterocycles. The quantitative estimate of drug-likeness (QED) is 0.766. The van der Waals surface area contributed by atoms with E-state index < -0.39 is 11.7 Å². The van der Waals surface area contributed by atoms with Crippen molar-refractivity contribution < 1.29 is 13.6 Å². The maximum absolute atomic E-state index is 13.1. The van der Waals surface area contributed by atoms with Crippen LogP contribution in [0.15, 0.2) is 60.9 Å². The van der Waals surface area contributed by atoms with E-state index in [0.29, 0.717) is 17.2 Å². The average molecular weight is 326 g/mol. The van der Waals surface area contributed by atoms with Crippen molar-refractivity contribution in [3.8, 4) is 0 Å². The zero-order valence-electron chi connectivity index (χ0n) is 12.3. The third-order valence-corrected chi connectivity index (χ3v) is 3.10. The van der Waals surface area contributed by atoms with Gasteiger partial charge in [-0.3, -0.25) is 4.79 Å². The molecule has 0 saturated heterocycles. The smallest absolute Gasteiger partial charge is 0.274 e. The number of benzene rings is 2. The summed E-state index contributed by atoms with van der Waals surface area (Å²) in [5.41, 5.74) is 1.05. The summed E-state index contributed by atoms with van der Waals surface area (Å²) in [7, 11) is 0. The Morgan fingerprint density at radius 1 is 0.875 bits per heavy atom. The number of carbonyl (C=O) groups is 1. The number of carbonyl (C=O) groups excluding carboxylic acids is 1. The van der Waals surface area contributed by atoms with Crippen LogP contribution in [0.3, 0.4) is 0 Å². The Morgan fingerprint density at radius 3 is 2.42 bits per heavy atom. The molecule has 2 N–H and O–H groups in total. The van der Waals surface area contributed by atoms with E-state index >= 15 is 0 Å². The fraction of sp³-hybridized carbons (Fsp3) is 0. The Morgan fingerprint density at radius 2 is 1.67 bits per heavy atom. The van der Waals surface area contributed by atoms with Gasteiger partial charge < -0.3 is 10.6 Å². The highest BCUT2D eigenvalue weighted by Crippen LogP contribution is 2.16. The van der Waals surface area contributed by atoms with Gasteiger partial charge in [0.15, 0.2) is 0 Å². The molecule has 2 aromatic carbocycles. The number of rotatable bonds is 4. The number of nitrogens with zero attached hydrogens (tertiary/aromatic N) is 2. The molecule has 0 aliphatic carbocycles. The van der Waals surface area contributed by atoms with Crippen molar-refractivity contribution in [2.24, 2.45) is 0 Å². The van der Waals surface area contributed by atoms with Crippen molar-refractivity contribution in [1.82, 2.24) is 9.97 Å². The molecule has 3 aromatic rings. The predicted octanol–water partition coefficient (Wildman–Crippen LogP) is 3.75. The van der Waals surface area contributed by atoms with E-state index in [1.165, 1.54) is 42.7 Å².